The predicted octanol–water partition coefficient (Wildman–Crippen LogP) is 3.43. The molecule has 0 fully saturated rings. The number of amides is 1. The summed E-state index contributed by atoms with van der Waals surface area (Å²) in [7, 11) is 0. The number of ether oxygens (including phenoxy) is 2. The molecule has 0 spiro atoms. The van der Waals surface area contributed by atoms with Gasteiger partial charge >= 0.3 is 6.01 Å². The van der Waals surface area contributed by atoms with E-state index in [2.05, 4.69) is 15.5 Å². The van der Waals surface area contributed by atoms with Gasteiger partial charge in [0.1, 0.15) is 23.1 Å². The molecule has 1 N–H and O–H groups in total. The molecule has 0 atom stereocenters. The Hall–Kier alpha value is -3.49. The average Bonchev–Trinajstić information content (AvgIpc) is 3.09. The zero-order valence-electron chi connectivity index (χ0n) is 14.2. The van der Waals surface area contributed by atoms with Crippen molar-refractivity contribution in [2.45, 2.75) is 6.92 Å². The van der Waals surface area contributed by atoms with Crippen LogP contribution in [0, 0.1) is 11.6 Å². The van der Waals surface area contributed by atoms with Gasteiger partial charge in [-0.2, -0.15) is 0 Å². The summed E-state index contributed by atoms with van der Waals surface area (Å²) < 4.78 is 42.5. The number of carbonyl (C=O) groups excluding carboxylic acids is 1. The number of nitrogens with zero attached hydrogens (tertiary/aromatic N) is 2. The number of carbonyl (C=O) groups is 1. The Kier molecular flexibility index (Phi) is 5.60. The van der Waals surface area contributed by atoms with E-state index in [0.717, 1.165) is 6.07 Å². The second-order valence-electron chi connectivity index (χ2n) is 5.28. The topological polar surface area (TPSA) is 86.5 Å². The summed E-state index contributed by atoms with van der Waals surface area (Å²) in [6.45, 7) is 2.13. The maximum atomic E-state index is 13.7. The van der Waals surface area contributed by atoms with Crippen molar-refractivity contribution < 1.29 is 27.5 Å². The summed E-state index contributed by atoms with van der Waals surface area (Å²) in [5, 5.41) is 9.57. The van der Waals surface area contributed by atoms with Crippen LogP contribution >= 0.6 is 0 Å². The highest BCUT2D eigenvalue weighted by Crippen LogP contribution is 2.23. The first-order valence-corrected chi connectivity index (χ1v) is 7.99. The van der Waals surface area contributed by atoms with E-state index in [0.29, 0.717) is 24.2 Å². The monoisotopic (exact) mass is 375 g/mol. The molecule has 140 valence electrons. The quantitative estimate of drug-likeness (QED) is 0.681. The molecule has 7 nitrogen and oxygen atoms in total. The molecule has 3 rings (SSSR count). The molecule has 0 unspecified atom stereocenters. The van der Waals surface area contributed by atoms with Gasteiger partial charge in [-0.05, 0) is 43.3 Å². The number of benzene rings is 2. The molecular formula is C18H15F2N3O4. The van der Waals surface area contributed by atoms with Gasteiger partial charge < -0.3 is 13.9 Å². The number of rotatable bonds is 7. The van der Waals surface area contributed by atoms with Crippen LogP contribution in [0.15, 0.2) is 46.9 Å². The number of aromatic nitrogens is 2. The summed E-state index contributed by atoms with van der Waals surface area (Å²) in [6.07, 6.45) is 0. The standard InChI is InChI=1S/C18H15F2N3O4/c1-2-25-12-4-6-13(7-5-12)26-10-16(24)21-18-23-22-17(27-18)14-8-3-11(19)9-15(14)20/h3-9H,2,10H2,1H3,(H,21,23,24). The van der Waals surface area contributed by atoms with E-state index in [1.807, 2.05) is 6.92 Å². The van der Waals surface area contributed by atoms with Crippen molar-refractivity contribution in [2.75, 3.05) is 18.5 Å². The summed E-state index contributed by atoms with van der Waals surface area (Å²) in [5.74, 6) is -1.13. The van der Waals surface area contributed by atoms with Gasteiger partial charge in [0, 0.05) is 6.07 Å². The first kappa shape index (κ1) is 18.3. The SMILES string of the molecule is CCOc1ccc(OCC(=O)Nc2nnc(-c3ccc(F)cc3F)o2)cc1. The van der Waals surface area contributed by atoms with Crippen molar-refractivity contribution in [1.29, 1.82) is 0 Å². The third-order valence-electron chi connectivity index (χ3n) is 3.34. The van der Waals surface area contributed by atoms with Gasteiger partial charge in [-0.25, -0.2) is 8.78 Å². The van der Waals surface area contributed by atoms with Crippen molar-refractivity contribution in [3.63, 3.8) is 0 Å². The summed E-state index contributed by atoms with van der Waals surface area (Å²) in [4.78, 5) is 11.9. The van der Waals surface area contributed by atoms with Crippen LogP contribution in [0.3, 0.4) is 0 Å². The van der Waals surface area contributed by atoms with Crippen molar-refractivity contribution >= 4 is 11.9 Å². The van der Waals surface area contributed by atoms with E-state index in [4.69, 9.17) is 13.9 Å². The minimum absolute atomic E-state index is 0.0740. The van der Waals surface area contributed by atoms with Crippen LogP contribution in [0.2, 0.25) is 0 Å². The van der Waals surface area contributed by atoms with Gasteiger partial charge in [0.15, 0.2) is 6.61 Å². The molecule has 27 heavy (non-hydrogen) atoms. The molecule has 9 heteroatoms. The predicted molar refractivity (Wildman–Crippen MR) is 91.4 cm³/mol. The number of anilines is 1. The molecule has 0 radical (unpaired) electrons. The Morgan fingerprint density at radius 3 is 2.44 bits per heavy atom. The van der Waals surface area contributed by atoms with Gasteiger partial charge in [-0.3, -0.25) is 10.1 Å². The number of hydrogen-bond acceptors (Lipinski definition) is 6. The van der Waals surface area contributed by atoms with Gasteiger partial charge in [0.25, 0.3) is 11.8 Å². The third kappa shape index (κ3) is 4.78. The van der Waals surface area contributed by atoms with Crippen molar-refractivity contribution in [3.05, 3.63) is 54.1 Å². The van der Waals surface area contributed by atoms with Crippen molar-refractivity contribution in [2.24, 2.45) is 0 Å². The van der Waals surface area contributed by atoms with E-state index in [1.165, 1.54) is 6.07 Å². The Balaban J connectivity index is 1.56. The maximum absolute atomic E-state index is 13.7. The summed E-state index contributed by atoms with van der Waals surface area (Å²) in [5.41, 5.74) is -0.0740. The first-order valence-electron chi connectivity index (χ1n) is 7.99. The molecule has 2 aromatic carbocycles. The normalized spacial score (nSPS) is 10.5. The van der Waals surface area contributed by atoms with Crippen LogP contribution < -0.4 is 14.8 Å². The minimum Gasteiger partial charge on any atom is -0.494 e. The van der Waals surface area contributed by atoms with E-state index in [1.54, 1.807) is 24.3 Å². The van der Waals surface area contributed by atoms with Crippen LogP contribution in [0.5, 0.6) is 11.5 Å². The Bertz CT molecular complexity index is 929. The average molecular weight is 375 g/mol. The van der Waals surface area contributed by atoms with Crippen molar-refractivity contribution in [3.8, 4) is 23.0 Å². The lowest BCUT2D eigenvalue weighted by molar-refractivity contribution is -0.118. The Morgan fingerprint density at radius 2 is 1.78 bits per heavy atom. The summed E-state index contributed by atoms with van der Waals surface area (Å²) >= 11 is 0. The highest BCUT2D eigenvalue weighted by atomic mass is 19.1. The molecule has 1 amide bonds. The van der Waals surface area contributed by atoms with Crippen molar-refractivity contribution in [1.82, 2.24) is 10.2 Å². The molecule has 0 bridgehead atoms. The first-order chi connectivity index (χ1) is 13.0. The van der Waals surface area contributed by atoms with Gasteiger partial charge in [-0.15, -0.1) is 5.10 Å². The highest BCUT2D eigenvalue weighted by Gasteiger charge is 2.15. The number of hydrogen-bond donors (Lipinski definition) is 1. The van der Waals surface area contributed by atoms with Gasteiger partial charge in [0.05, 0.1) is 12.2 Å². The fourth-order valence-corrected chi connectivity index (χ4v) is 2.15. The largest absolute Gasteiger partial charge is 0.494 e. The molecule has 1 heterocycles. The van der Waals surface area contributed by atoms with Crippen LogP contribution in [0.1, 0.15) is 6.92 Å². The van der Waals surface area contributed by atoms with Crippen LogP contribution in [0.25, 0.3) is 11.5 Å². The van der Waals surface area contributed by atoms with Crippen LogP contribution in [-0.2, 0) is 4.79 Å². The minimum atomic E-state index is -0.852. The molecule has 0 aliphatic heterocycles. The highest BCUT2D eigenvalue weighted by molar-refractivity contribution is 5.89. The molecule has 1 aromatic heterocycles. The Labute approximate surface area is 152 Å². The molecule has 0 saturated heterocycles. The lowest BCUT2D eigenvalue weighted by Crippen LogP contribution is -2.20. The van der Waals surface area contributed by atoms with Gasteiger partial charge in [0.2, 0.25) is 0 Å². The molecule has 3 aromatic rings. The second kappa shape index (κ2) is 8.26. The fourth-order valence-electron chi connectivity index (χ4n) is 2.15. The molecule has 0 aliphatic carbocycles. The lowest BCUT2D eigenvalue weighted by atomic mass is 10.2. The molecule has 0 saturated carbocycles. The van der Waals surface area contributed by atoms with Crippen LogP contribution in [-0.4, -0.2) is 29.3 Å². The zero-order chi connectivity index (χ0) is 19.2. The zero-order valence-corrected chi connectivity index (χ0v) is 14.2. The molecule has 0 aliphatic rings. The van der Waals surface area contributed by atoms with E-state index < -0.39 is 17.5 Å². The third-order valence-corrected chi connectivity index (χ3v) is 3.34. The van der Waals surface area contributed by atoms with Gasteiger partial charge in [-0.1, -0.05) is 5.10 Å². The van der Waals surface area contributed by atoms with E-state index >= 15 is 0 Å². The molecular weight excluding hydrogens is 360 g/mol. The van der Waals surface area contributed by atoms with E-state index in [9.17, 15) is 13.6 Å². The van der Waals surface area contributed by atoms with Crippen LogP contribution in [0.4, 0.5) is 14.8 Å². The number of halogens is 2. The fraction of sp³-hybridized carbons (Fsp3) is 0.167. The van der Waals surface area contributed by atoms with E-state index in [-0.39, 0.29) is 24.1 Å². The number of nitrogens with one attached hydrogen (secondary N) is 1. The second-order valence-corrected chi connectivity index (χ2v) is 5.28. The Morgan fingerprint density at radius 1 is 1.07 bits per heavy atom. The maximum Gasteiger partial charge on any atom is 0.322 e. The smallest absolute Gasteiger partial charge is 0.322 e. The lowest BCUT2D eigenvalue weighted by Gasteiger charge is -2.07. The summed E-state index contributed by atoms with van der Waals surface area (Å²) in [6, 6.07) is 9.47.